The molecule has 1 aromatic rings. The molecule has 1 aliphatic heterocycles. The molecule has 0 aromatic heterocycles. The van der Waals surface area contributed by atoms with Gasteiger partial charge in [-0.15, -0.1) is 11.8 Å². The average Bonchev–Trinajstić information content (AvgIpc) is 2.79. The van der Waals surface area contributed by atoms with Crippen molar-refractivity contribution in [3.8, 4) is 0 Å². The van der Waals surface area contributed by atoms with Crippen LogP contribution in [-0.4, -0.2) is 34.9 Å². The van der Waals surface area contributed by atoms with E-state index in [-0.39, 0.29) is 6.09 Å². The zero-order valence-electron chi connectivity index (χ0n) is 12.1. The first-order valence-electron chi connectivity index (χ1n) is 6.74. The van der Waals surface area contributed by atoms with E-state index in [1.165, 1.54) is 4.90 Å². The fraction of sp³-hybridized carbons (Fsp3) is 0.533. The van der Waals surface area contributed by atoms with Crippen molar-refractivity contribution in [3.05, 3.63) is 29.3 Å². The van der Waals surface area contributed by atoms with Gasteiger partial charge in [-0.3, -0.25) is 0 Å². The van der Waals surface area contributed by atoms with E-state index in [4.69, 9.17) is 16.3 Å². The molecule has 1 fully saturated rings. The Hall–Kier alpha value is -0.870. The lowest BCUT2D eigenvalue weighted by Gasteiger charge is -2.24. The van der Waals surface area contributed by atoms with E-state index in [1.54, 1.807) is 16.7 Å². The number of hydrogen-bond acceptors (Lipinski definition) is 3. The third-order valence-electron chi connectivity index (χ3n) is 2.91. The van der Waals surface area contributed by atoms with Crippen molar-refractivity contribution >= 4 is 29.5 Å². The van der Waals surface area contributed by atoms with Crippen molar-refractivity contribution in [1.29, 1.82) is 0 Å². The predicted octanol–water partition coefficient (Wildman–Crippen LogP) is 4.44. The van der Waals surface area contributed by atoms with Crippen LogP contribution in [0.5, 0.6) is 0 Å². The monoisotopic (exact) mass is 313 g/mol. The minimum absolute atomic E-state index is 0.211. The molecule has 1 amide bonds. The first-order valence-corrected chi connectivity index (χ1v) is 7.99. The van der Waals surface area contributed by atoms with E-state index >= 15 is 0 Å². The van der Waals surface area contributed by atoms with E-state index in [0.717, 1.165) is 24.5 Å². The van der Waals surface area contributed by atoms with Crippen LogP contribution in [0.25, 0.3) is 0 Å². The molecule has 1 saturated heterocycles. The van der Waals surface area contributed by atoms with Crippen molar-refractivity contribution in [2.45, 2.75) is 42.9 Å². The highest BCUT2D eigenvalue weighted by Crippen LogP contribution is 2.31. The normalized spacial score (nSPS) is 19.2. The molecule has 1 aliphatic rings. The Balaban J connectivity index is 1.86. The molecule has 1 atom stereocenters. The Morgan fingerprint density at radius 2 is 2.00 bits per heavy atom. The second-order valence-electron chi connectivity index (χ2n) is 5.91. The lowest BCUT2D eigenvalue weighted by atomic mass is 10.2. The number of halogens is 1. The van der Waals surface area contributed by atoms with Crippen LogP contribution in [0, 0.1) is 0 Å². The van der Waals surface area contributed by atoms with Crippen molar-refractivity contribution in [3.63, 3.8) is 0 Å². The maximum absolute atomic E-state index is 12.0. The molecule has 3 nitrogen and oxygen atoms in total. The molecule has 5 heteroatoms. The smallest absolute Gasteiger partial charge is 0.410 e. The summed E-state index contributed by atoms with van der Waals surface area (Å²) >= 11 is 7.67. The SMILES string of the molecule is CC(C)(C)OC(=O)N1CCC(Sc2ccc(Cl)cc2)C1. The summed E-state index contributed by atoms with van der Waals surface area (Å²) < 4.78 is 5.40. The van der Waals surface area contributed by atoms with Gasteiger partial charge in [0.2, 0.25) is 0 Å². The summed E-state index contributed by atoms with van der Waals surface area (Å²) in [6.07, 6.45) is 0.781. The van der Waals surface area contributed by atoms with E-state index in [1.807, 2.05) is 45.0 Å². The van der Waals surface area contributed by atoms with Gasteiger partial charge in [-0.2, -0.15) is 0 Å². The number of thioether (sulfide) groups is 1. The summed E-state index contributed by atoms with van der Waals surface area (Å²) in [6, 6.07) is 7.82. The van der Waals surface area contributed by atoms with Crippen LogP contribution in [0.15, 0.2) is 29.2 Å². The Morgan fingerprint density at radius 3 is 2.60 bits per heavy atom. The van der Waals surface area contributed by atoms with E-state index in [0.29, 0.717) is 5.25 Å². The van der Waals surface area contributed by atoms with Gasteiger partial charge in [0.1, 0.15) is 5.60 Å². The molecule has 0 bridgehead atoms. The summed E-state index contributed by atoms with van der Waals surface area (Å²) in [4.78, 5) is 15.0. The molecule has 1 heterocycles. The van der Waals surface area contributed by atoms with Gasteiger partial charge in [-0.05, 0) is 51.5 Å². The van der Waals surface area contributed by atoms with Gasteiger partial charge in [-0.25, -0.2) is 4.79 Å². The molecule has 110 valence electrons. The third-order valence-corrected chi connectivity index (χ3v) is 4.43. The molecular weight excluding hydrogens is 294 g/mol. The van der Waals surface area contributed by atoms with Gasteiger partial charge in [0.15, 0.2) is 0 Å². The van der Waals surface area contributed by atoms with E-state index in [2.05, 4.69) is 0 Å². The molecule has 0 radical (unpaired) electrons. The van der Waals surface area contributed by atoms with Crippen LogP contribution < -0.4 is 0 Å². The van der Waals surface area contributed by atoms with Gasteiger partial charge in [0.05, 0.1) is 0 Å². The highest BCUT2D eigenvalue weighted by Gasteiger charge is 2.30. The quantitative estimate of drug-likeness (QED) is 0.808. The molecule has 1 aromatic carbocycles. The van der Waals surface area contributed by atoms with Gasteiger partial charge in [0.25, 0.3) is 0 Å². The standard InChI is InChI=1S/C15H20ClNO2S/c1-15(2,3)19-14(18)17-9-8-13(10-17)20-12-6-4-11(16)5-7-12/h4-7,13H,8-10H2,1-3H3. The van der Waals surface area contributed by atoms with E-state index < -0.39 is 5.60 Å². The van der Waals surface area contributed by atoms with Crippen molar-refractivity contribution < 1.29 is 9.53 Å². The van der Waals surface area contributed by atoms with Crippen LogP contribution in [0.3, 0.4) is 0 Å². The molecule has 0 aliphatic carbocycles. The van der Waals surface area contributed by atoms with E-state index in [9.17, 15) is 4.79 Å². The van der Waals surface area contributed by atoms with Crippen molar-refractivity contribution in [1.82, 2.24) is 4.90 Å². The van der Waals surface area contributed by atoms with Crippen molar-refractivity contribution in [2.75, 3.05) is 13.1 Å². The number of benzene rings is 1. The number of rotatable bonds is 2. The summed E-state index contributed by atoms with van der Waals surface area (Å²) in [5, 5.41) is 1.17. The minimum atomic E-state index is -0.432. The number of amides is 1. The molecule has 0 saturated carbocycles. The Bertz CT molecular complexity index is 470. The Kier molecular flexibility index (Phi) is 4.86. The maximum atomic E-state index is 12.0. The molecule has 2 rings (SSSR count). The highest BCUT2D eigenvalue weighted by molar-refractivity contribution is 8.00. The second-order valence-corrected chi connectivity index (χ2v) is 7.72. The lowest BCUT2D eigenvalue weighted by molar-refractivity contribution is 0.0295. The minimum Gasteiger partial charge on any atom is -0.444 e. The van der Waals surface area contributed by atoms with Crippen LogP contribution >= 0.6 is 23.4 Å². The fourth-order valence-electron chi connectivity index (χ4n) is 2.02. The zero-order valence-corrected chi connectivity index (χ0v) is 13.6. The molecule has 0 spiro atoms. The number of hydrogen-bond donors (Lipinski definition) is 0. The number of likely N-dealkylation sites (tertiary alicyclic amines) is 1. The highest BCUT2D eigenvalue weighted by atomic mass is 35.5. The van der Waals surface area contributed by atoms with Crippen LogP contribution in [-0.2, 0) is 4.74 Å². The van der Waals surface area contributed by atoms with Gasteiger partial charge >= 0.3 is 6.09 Å². The first kappa shape index (κ1) is 15.5. The topological polar surface area (TPSA) is 29.5 Å². The van der Waals surface area contributed by atoms with Crippen LogP contribution in [0.1, 0.15) is 27.2 Å². The summed E-state index contributed by atoms with van der Waals surface area (Å²) in [6.45, 7) is 7.17. The van der Waals surface area contributed by atoms with Crippen molar-refractivity contribution in [2.24, 2.45) is 0 Å². The summed E-state index contributed by atoms with van der Waals surface area (Å²) in [5.41, 5.74) is -0.432. The molecule has 20 heavy (non-hydrogen) atoms. The summed E-state index contributed by atoms with van der Waals surface area (Å²) in [5.74, 6) is 0. The number of carbonyl (C=O) groups excluding carboxylic acids is 1. The van der Waals surface area contributed by atoms with Gasteiger partial charge in [-0.1, -0.05) is 11.6 Å². The average molecular weight is 314 g/mol. The Morgan fingerprint density at radius 1 is 1.35 bits per heavy atom. The number of nitrogens with zero attached hydrogens (tertiary/aromatic N) is 1. The zero-order chi connectivity index (χ0) is 14.8. The largest absolute Gasteiger partial charge is 0.444 e. The molecular formula is C15H20ClNO2S. The molecule has 1 unspecified atom stereocenters. The number of carbonyl (C=O) groups is 1. The second kappa shape index (κ2) is 6.27. The van der Waals surface area contributed by atoms with Crippen LogP contribution in [0.2, 0.25) is 5.02 Å². The predicted molar refractivity (Wildman–Crippen MR) is 83.5 cm³/mol. The first-order chi connectivity index (χ1) is 9.33. The summed E-state index contributed by atoms with van der Waals surface area (Å²) in [7, 11) is 0. The van der Waals surface area contributed by atoms with Gasteiger partial charge in [0, 0.05) is 28.3 Å². The number of ether oxygens (including phenoxy) is 1. The Labute approximate surface area is 129 Å². The lowest BCUT2D eigenvalue weighted by Crippen LogP contribution is -2.35. The third kappa shape index (κ3) is 4.60. The van der Waals surface area contributed by atoms with Crippen LogP contribution in [0.4, 0.5) is 4.79 Å². The maximum Gasteiger partial charge on any atom is 0.410 e. The fourth-order valence-corrected chi connectivity index (χ4v) is 3.30. The van der Waals surface area contributed by atoms with Gasteiger partial charge < -0.3 is 9.64 Å². The molecule has 0 N–H and O–H groups in total.